The number of fused-ring (bicyclic) bond motifs is 1. The number of amides is 2. The fourth-order valence-corrected chi connectivity index (χ4v) is 2.49. The molecule has 5 heteroatoms. The second kappa shape index (κ2) is 5.93. The first kappa shape index (κ1) is 15.6. The molecule has 116 valence electrons. The second-order valence-electron chi connectivity index (χ2n) is 6.66. The maximum atomic E-state index is 11.7. The predicted octanol–water partition coefficient (Wildman–Crippen LogP) is 1.81. The lowest BCUT2D eigenvalue weighted by atomic mass is 10.0. The highest BCUT2D eigenvalue weighted by Gasteiger charge is 2.19. The Bertz CT molecular complexity index is 523. The van der Waals surface area contributed by atoms with Gasteiger partial charge in [0.1, 0.15) is 0 Å². The Morgan fingerprint density at radius 1 is 1.43 bits per heavy atom. The van der Waals surface area contributed by atoms with Crippen molar-refractivity contribution in [1.82, 2.24) is 10.6 Å². The van der Waals surface area contributed by atoms with Crippen LogP contribution in [0, 0.1) is 0 Å². The largest absolute Gasteiger partial charge is 0.387 e. The molecule has 2 rings (SSSR count). The number of carbonyl (C=O) groups excluding carboxylic acids is 1. The number of aliphatic hydroxyl groups excluding tert-OH is 1. The molecule has 2 amide bonds. The van der Waals surface area contributed by atoms with Crippen LogP contribution in [0.15, 0.2) is 18.2 Å². The van der Waals surface area contributed by atoms with Crippen LogP contribution in [-0.4, -0.2) is 36.8 Å². The van der Waals surface area contributed by atoms with Gasteiger partial charge in [0.15, 0.2) is 0 Å². The zero-order chi connectivity index (χ0) is 15.6. The Kier molecular flexibility index (Phi) is 4.42. The first-order valence-corrected chi connectivity index (χ1v) is 7.34. The molecule has 0 aromatic heterocycles. The van der Waals surface area contributed by atoms with Crippen molar-refractivity contribution in [1.29, 1.82) is 0 Å². The third-order valence-corrected chi connectivity index (χ3v) is 3.56. The van der Waals surface area contributed by atoms with Gasteiger partial charge in [0.05, 0.1) is 6.10 Å². The van der Waals surface area contributed by atoms with Crippen molar-refractivity contribution in [2.24, 2.45) is 0 Å². The van der Waals surface area contributed by atoms with E-state index in [1.807, 2.05) is 39.0 Å². The van der Waals surface area contributed by atoms with E-state index >= 15 is 0 Å². The van der Waals surface area contributed by atoms with Crippen LogP contribution in [0.2, 0.25) is 0 Å². The van der Waals surface area contributed by atoms with Crippen molar-refractivity contribution in [3.63, 3.8) is 0 Å². The average Bonchev–Trinajstić information content (AvgIpc) is 2.75. The molecule has 1 aliphatic heterocycles. The molecule has 0 fully saturated rings. The molecule has 1 aliphatic rings. The Morgan fingerprint density at radius 3 is 2.81 bits per heavy atom. The maximum Gasteiger partial charge on any atom is 0.315 e. The molecule has 1 aromatic carbocycles. The van der Waals surface area contributed by atoms with E-state index in [0.29, 0.717) is 0 Å². The van der Waals surface area contributed by atoms with E-state index in [1.165, 1.54) is 11.3 Å². The highest BCUT2D eigenvalue weighted by Crippen LogP contribution is 2.29. The summed E-state index contributed by atoms with van der Waals surface area (Å²) >= 11 is 0. The molecule has 0 saturated carbocycles. The Morgan fingerprint density at radius 2 is 2.14 bits per heavy atom. The Balaban J connectivity index is 1.92. The summed E-state index contributed by atoms with van der Waals surface area (Å²) in [7, 11) is 2.07. The summed E-state index contributed by atoms with van der Waals surface area (Å²) in [5.74, 6) is 0. The van der Waals surface area contributed by atoms with Crippen LogP contribution in [0.3, 0.4) is 0 Å². The van der Waals surface area contributed by atoms with Gasteiger partial charge in [-0.25, -0.2) is 4.79 Å². The number of nitrogens with one attached hydrogen (secondary N) is 2. The van der Waals surface area contributed by atoms with Crippen LogP contribution in [-0.2, 0) is 6.42 Å². The first-order chi connectivity index (χ1) is 9.76. The quantitative estimate of drug-likeness (QED) is 0.796. The van der Waals surface area contributed by atoms with E-state index in [-0.39, 0.29) is 18.1 Å². The van der Waals surface area contributed by atoms with E-state index < -0.39 is 6.10 Å². The average molecular weight is 291 g/mol. The van der Waals surface area contributed by atoms with Crippen LogP contribution < -0.4 is 15.5 Å². The van der Waals surface area contributed by atoms with Crippen molar-refractivity contribution in [3.8, 4) is 0 Å². The summed E-state index contributed by atoms with van der Waals surface area (Å²) in [6.45, 7) is 6.97. The molecule has 1 aromatic rings. The third kappa shape index (κ3) is 4.11. The predicted molar refractivity (Wildman–Crippen MR) is 84.7 cm³/mol. The first-order valence-electron chi connectivity index (χ1n) is 7.34. The van der Waals surface area contributed by atoms with Gasteiger partial charge in [-0.05, 0) is 44.4 Å². The molecule has 0 bridgehead atoms. The second-order valence-corrected chi connectivity index (χ2v) is 6.66. The zero-order valence-corrected chi connectivity index (χ0v) is 13.2. The molecule has 1 heterocycles. The molecule has 5 nitrogen and oxygen atoms in total. The van der Waals surface area contributed by atoms with Gasteiger partial charge in [0.25, 0.3) is 0 Å². The van der Waals surface area contributed by atoms with Crippen molar-refractivity contribution in [3.05, 3.63) is 29.3 Å². The van der Waals surface area contributed by atoms with Gasteiger partial charge in [0, 0.05) is 31.4 Å². The number of anilines is 1. The molecular formula is C16H25N3O2. The molecular weight excluding hydrogens is 266 g/mol. The molecule has 0 saturated heterocycles. The molecule has 21 heavy (non-hydrogen) atoms. The molecule has 0 unspecified atom stereocenters. The van der Waals surface area contributed by atoms with Gasteiger partial charge in [-0.1, -0.05) is 12.1 Å². The van der Waals surface area contributed by atoms with E-state index in [1.54, 1.807) is 0 Å². The monoisotopic (exact) mass is 291 g/mol. The lowest BCUT2D eigenvalue weighted by molar-refractivity contribution is 0.171. The maximum absolute atomic E-state index is 11.7. The third-order valence-electron chi connectivity index (χ3n) is 3.56. The number of nitrogens with zero attached hydrogens (tertiary/aromatic N) is 1. The minimum atomic E-state index is -0.688. The molecule has 0 spiro atoms. The lowest BCUT2D eigenvalue weighted by Crippen LogP contribution is -2.47. The summed E-state index contributed by atoms with van der Waals surface area (Å²) in [5, 5.41) is 15.7. The standard InChI is InChI=1S/C16H25N3O2/c1-16(2,3)18-15(21)17-10-14(20)12-5-6-13-11(9-12)7-8-19(13)4/h5-6,9,14,20H,7-8,10H2,1-4H3,(H2,17,18,21)/t14-/m0/s1. The molecule has 0 radical (unpaired) electrons. The Hall–Kier alpha value is -1.75. The fourth-order valence-electron chi connectivity index (χ4n) is 2.49. The molecule has 1 atom stereocenters. The van der Waals surface area contributed by atoms with E-state index in [0.717, 1.165) is 18.5 Å². The SMILES string of the molecule is CN1CCc2cc([C@@H](O)CNC(=O)NC(C)(C)C)ccc21. The number of carbonyl (C=O) groups is 1. The van der Waals surface area contributed by atoms with Crippen LogP contribution in [0.5, 0.6) is 0 Å². The fraction of sp³-hybridized carbons (Fsp3) is 0.562. The highest BCUT2D eigenvalue weighted by atomic mass is 16.3. The number of aliphatic hydroxyl groups is 1. The summed E-state index contributed by atoms with van der Waals surface area (Å²) in [6, 6.07) is 5.74. The molecule has 3 N–H and O–H groups in total. The summed E-state index contributed by atoms with van der Waals surface area (Å²) in [4.78, 5) is 13.9. The van der Waals surface area contributed by atoms with Gasteiger partial charge in [-0.2, -0.15) is 0 Å². The van der Waals surface area contributed by atoms with Gasteiger partial charge >= 0.3 is 6.03 Å². The van der Waals surface area contributed by atoms with Crippen molar-refractivity contribution >= 4 is 11.7 Å². The van der Waals surface area contributed by atoms with Gasteiger partial charge < -0.3 is 20.6 Å². The number of urea groups is 1. The highest BCUT2D eigenvalue weighted by molar-refractivity contribution is 5.74. The van der Waals surface area contributed by atoms with E-state index in [9.17, 15) is 9.90 Å². The van der Waals surface area contributed by atoms with E-state index in [4.69, 9.17) is 0 Å². The van der Waals surface area contributed by atoms with Gasteiger partial charge in [0.2, 0.25) is 0 Å². The normalized spacial score (nSPS) is 15.6. The summed E-state index contributed by atoms with van der Waals surface area (Å²) < 4.78 is 0. The number of benzene rings is 1. The zero-order valence-electron chi connectivity index (χ0n) is 13.2. The number of rotatable bonds is 3. The minimum absolute atomic E-state index is 0.205. The Labute approximate surface area is 126 Å². The van der Waals surface area contributed by atoms with Crippen molar-refractivity contribution < 1.29 is 9.90 Å². The van der Waals surface area contributed by atoms with Crippen molar-refractivity contribution in [2.45, 2.75) is 38.8 Å². The van der Waals surface area contributed by atoms with Crippen LogP contribution in [0.4, 0.5) is 10.5 Å². The minimum Gasteiger partial charge on any atom is -0.387 e. The van der Waals surface area contributed by atoms with Gasteiger partial charge in [-0.3, -0.25) is 0 Å². The van der Waals surface area contributed by atoms with Crippen molar-refractivity contribution in [2.75, 3.05) is 25.0 Å². The van der Waals surface area contributed by atoms with Gasteiger partial charge in [-0.15, -0.1) is 0 Å². The smallest absolute Gasteiger partial charge is 0.315 e. The summed E-state index contributed by atoms with van der Waals surface area (Å²) in [6.07, 6.45) is 0.316. The van der Waals surface area contributed by atoms with Crippen LogP contribution in [0.25, 0.3) is 0 Å². The van der Waals surface area contributed by atoms with E-state index in [2.05, 4.69) is 22.6 Å². The summed E-state index contributed by atoms with van der Waals surface area (Å²) in [5.41, 5.74) is 3.05. The van der Waals surface area contributed by atoms with Crippen LogP contribution in [0.1, 0.15) is 38.0 Å². The molecule has 0 aliphatic carbocycles. The topological polar surface area (TPSA) is 64.6 Å². The number of hydrogen-bond acceptors (Lipinski definition) is 3. The lowest BCUT2D eigenvalue weighted by Gasteiger charge is -2.21. The number of hydrogen-bond donors (Lipinski definition) is 3. The number of likely N-dealkylation sites (N-methyl/N-ethyl adjacent to an activating group) is 1. The van der Waals surface area contributed by atoms with Crippen LogP contribution >= 0.6 is 0 Å².